The number of nitrogens with one attached hydrogen (secondary N) is 1. The fraction of sp³-hybridized carbons (Fsp3) is 0.438. The number of aromatic nitrogens is 5. The summed E-state index contributed by atoms with van der Waals surface area (Å²) in [6.45, 7) is 5.10. The highest BCUT2D eigenvalue weighted by Crippen LogP contribution is 2.26. The first-order valence-electron chi connectivity index (χ1n) is 8.45. The summed E-state index contributed by atoms with van der Waals surface area (Å²) in [5, 5.41) is 12.7. The number of sulfonamides is 1. The van der Waals surface area contributed by atoms with Crippen LogP contribution >= 0.6 is 11.3 Å². The Hall–Kier alpha value is -2.20. The maximum absolute atomic E-state index is 12.6. The Morgan fingerprint density at radius 3 is 2.88 bits per heavy atom. The van der Waals surface area contributed by atoms with Crippen molar-refractivity contribution in [1.82, 2.24) is 24.5 Å². The lowest BCUT2D eigenvalue weighted by Crippen LogP contribution is -2.15. The minimum atomic E-state index is -3.61. The monoisotopic (exact) mass is 392 g/mol. The summed E-state index contributed by atoms with van der Waals surface area (Å²) in [6, 6.07) is 1.69. The van der Waals surface area contributed by atoms with Gasteiger partial charge in [-0.05, 0) is 32.8 Å². The van der Waals surface area contributed by atoms with Gasteiger partial charge in [0.25, 0.3) is 10.0 Å². The number of aryl methyl sites for hydroxylation is 3. The normalized spacial score (nSPS) is 14.4. The van der Waals surface area contributed by atoms with E-state index in [1.54, 1.807) is 16.9 Å². The molecule has 8 nitrogen and oxygen atoms in total. The predicted molar refractivity (Wildman–Crippen MR) is 98.9 cm³/mol. The van der Waals surface area contributed by atoms with Gasteiger partial charge in [-0.15, -0.1) is 21.5 Å². The quantitative estimate of drug-likeness (QED) is 0.719. The molecule has 3 aromatic heterocycles. The van der Waals surface area contributed by atoms with E-state index in [-0.39, 0.29) is 0 Å². The van der Waals surface area contributed by atoms with E-state index in [1.165, 1.54) is 17.5 Å². The molecule has 0 saturated heterocycles. The average molecular weight is 393 g/mol. The predicted octanol–water partition coefficient (Wildman–Crippen LogP) is 2.34. The van der Waals surface area contributed by atoms with Crippen LogP contribution < -0.4 is 4.72 Å². The fourth-order valence-corrected chi connectivity index (χ4v) is 5.80. The molecule has 0 bridgehead atoms. The molecule has 0 unspecified atom stereocenters. The van der Waals surface area contributed by atoms with Gasteiger partial charge >= 0.3 is 0 Å². The van der Waals surface area contributed by atoms with Gasteiger partial charge in [-0.1, -0.05) is 0 Å². The molecule has 0 amide bonds. The molecular formula is C16H20N6O2S2. The lowest BCUT2D eigenvalue weighted by Gasteiger charge is -2.14. The first-order valence-corrected chi connectivity index (χ1v) is 10.8. The van der Waals surface area contributed by atoms with Crippen molar-refractivity contribution < 1.29 is 8.42 Å². The second-order valence-corrected chi connectivity index (χ2v) is 9.56. The van der Waals surface area contributed by atoms with Gasteiger partial charge in [0.15, 0.2) is 5.82 Å². The van der Waals surface area contributed by atoms with Crippen LogP contribution in [0.5, 0.6) is 0 Å². The van der Waals surface area contributed by atoms with Gasteiger partial charge in [0.1, 0.15) is 17.3 Å². The van der Waals surface area contributed by atoms with Gasteiger partial charge in [0.05, 0.1) is 11.9 Å². The Morgan fingerprint density at radius 2 is 2.12 bits per heavy atom. The summed E-state index contributed by atoms with van der Waals surface area (Å²) in [5.74, 6) is 1.86. The van der Waals surface area contributed by atoms with E-state index >= 15 is 0 Å². The summed E-state index contributed by atoms with van der Waals surface area (Å²) in [7, 11) is -3.61. The van der Waals surface area contributed by atoms with Crippen molar-refractivity contribution in [3.63, 3.8) is 0 Å². The molecule has 0 aliphatic carbocycles. The van der Waals surface area contributed by atoms with Crippen molar-refractivity contribution in [1.29, 1.82) is 0 Å². The third-order valence-electron chi connectivity index (χ3n) is 4.41. The van der Waals surface area contributed by atoms with Crippen molar-refractivity contribution in [2.24, 2.45) is 0 Å². The maximum Gasteiger partial charge on any atom is 0.263 e. The number of nitrogens with zero attached hydrogens (tertiary/aromatic N) is 5. The van der Waals surface area contributed by atoms with Crippen LogP contribution in [0.15, 0.2) is 23.4 Å². The van der Waals surface area contributed by atoms with Crippen molar-refractivity contribution >= 4 is 27.0 Å². The molecule has 3 aromatic rings. The van der Waals surface area contributed by atoms with Crippen LogP contribution in [-0.2, 0) is 29.5 Å². The minimum Gasteiger partial charge on any atom is -0.313 e. The van der Waals surface area contributed by atoms with Crippen LogP contribution in [0.3, 0.4) is 0 Å². The number of anilines is 1. The smallest absolute Gasteiger partial charge is 0.263 e. The first kappa shape index (κ1) is 17.2. The zero-order chi connectivity index (χ0) is 18.3. The van der Waals surface area contributed by atoms with Crippen LogP contribution in [0.25, 0.3) is 0 Å². The molecule has 1 aliphatic rings. The largest absolute Gasteiger partial charge is 0.313 e. The molecular weight excluding hydrogens is 372 g/mol. The molecule has 0 radical (unpaired) electrons. The second-order valence-electron chi connectivity index (χ2n) is 6.45. The van der Waals surface area contributed by atoms with Gasteiger partial charge in [-0.2, -0.15) is 5.10 Å². The zero-order valence-electron chi connectivity index (χ0n) is 14.6. The fourth-order valence-electron chi connectivity index (χ4n) is 3.22. The third-order valence-corrected chi connectivity index (χ3v) is 7.01. The number of rotatable bonds is 5. The lowest BCUT2D eigenvalue weighted by atomic mass is 10.2. The Balaban J connectivity index is 1.51. The third kappa shape index (κ3) is 3.26. The van der Waals surface area contributed by atoms with Crippen molar-refractivity contribution in [3.8, 4) is 0 Å². The van der Waals surface area contributed by atoms with E-state index in [0.717, 1.165) is 47.2 Å². The molecule has 1 aliphatic heterocycles. The highest BCUT2D eigenvalue weighted by molar-refractivity contribution is 7.93. The van der Waals surface area contributed by atoms with Gasteiger partial charge < -0.3 is 4.57 Å². The molecule has 1 N–H and O–H groups in total. The molecule has 0 atom stereocenters. The topological polar surface area (TPSA) is 94.7 Å². The molecule has 0 aromatic carbocycles. The second kappa shape index (κ2) is 6.51. The highest BCUT2D eigenvalue weighted by Gasteiger charge is 2.20. The number of thiophene rings is 1. The number of hydrogen-bond donors (Lipinski definition) is 1. The molecule has 10 heteroatoms. The molecule has 26 heavy (non-hydrogen) atoms. The van der Waals surface area contributed by atoms with Gasteiger partial charge in [-0.3, -0.25) is 9.40 Å². The van der Waals surface area contributed by atoms with E-state index in [2.05, 4.69) is 24.6 Å². The standard InChI is InChI=1S/C16H20N6O2S2/c1-11-7-14(12(2)25-11)26(23,24)20-13-8-17-21(9-13)10-16-19-18-15-5-3-4-6-22(15)16/h7-9,20H,3-6,10H2,1-2H3. The summed E-state index contributed by atoms with van der Waals surface area (Å²) in [4.78, 5) is 2.06. The molecule has 4 rings (SSSR count). The Kier molecular flexibility index (Phi) is 4.31. The van der Waals surface area contributed by atoms with Crippen LogP contribution in [0, 0.1) is 13.8 Å². The van der Waals surface area contributed by atoms with Crippen LogP contribution in [-0.4, -0.2) is 33.0 Å². The average Bonchev–Trinajstić information content (AvgIpc) is 3.28. The molecule has 0 fully saturated rings. The minimum absolute atomic E-state index is 0.319. The van der Waals surface area contributed by atoms with E-state index in [4.69, 9.17) is 0 Å². The summed E-state index contributed by atoms with van der Waals surface area (Å²) >= 11 is 1.47. The van der Waals surface area contributed by atoms with Gasteiger partial charge in [-0.25, -0.2) is 8.42 Å². The van der Waals surface area contributed by atoms with Crippen molar-refractivity contribution in [2.75, 3.05) is 4.72 Å². The Bertz CT molecular complexity index is 1050. The Labute approximate surface area is 155 Å². The van der Waals surface area contributed by atoms with Gasteiger partial charge in [0.2, 0.25) is 0 Å². The molecule has 138 valence electrons. The van der Waals surface area contributed by atoms with Crippen LogP contribution in [0.4, 0.5) is 5.69 Å². The molecule has 0 saturated carbocycles. The summed E-state index contributed by atoms with van der Waals surface area (Å²) in [5.41, 5.74) is 0.437. The van der Waals surface area contributed by atoms with Gasteiger partial charge in [0, 0.05) is 28.9 Å². The van der Waals surface area contributed by atoms with E-state index in [9.17, 15) is 8.42 Å². The lowest BCUT2D eigenvalue weighted by molar-refractivity contribution is 0.496. The van der Waals surface area contributed by atoms with Crippen molar-refractivity contribution in [2.45, 2.75) is 51.1 Å². The number of hydrogen-bond acceptors (Lipinski definition) is 6. The number of fused-ring (bicyclic) bond motifs is 1. The van der Waals surface area contributed by atoms with Crippen LogP contribution in [0.2, 0.25) is 0 Å². The highest BCUT2D eigenvalue weighted by atomic mass is 32.2. The van der Waals surface area contributed by atoms with E-state index in [1.807, 2.05) is 13.8 Å². The van der Waals surface area contributed by atoms with E-state index < -0.39 is 10.0 Å². The first-order chi connectivity index (χ1) is 12.4. The maximum atomic E-state index is 12.6. The summed E-state index contributed by atoms with van der Waals surface area (Å²) in [6.07, 6.45) is 6.42. The SMILES string of the molecule is Cc1cc(S(=O)(=O)Nc2cnn(Cc3nnc4n3CCCC4)c2)c(C)s1. The molecule has 0 spiro atoms. The Morgan fingerprint density at radius 1 is 1.27 bits per heavy atom. The van der Waals surface area contributed by atoms with E-state index in [0.29, 0.717) is 17.1 Å². The molecule has 4 heterocycles. The summed E-state index contributed by atoms with van der Waals surface area (Å²) < 4.78 is 31.6. The van der Waals surface area contributed by atoms with Crippen molar-refractivity contribution in [3.05, 3.63) is 39.9 Å². The zero-order valence-corrected chi connectivity index (χ0v) is 16.3. The van der Waals surface area contributed by atoms with Crippen LogP contribution in [0.1, 0.15) is 34.2 Å².